The number of amides is 1. The van der Waals surface area contributed by atoms with Crippen molar-refractivity contribution in [3.8, 4) is 11.5 Å². The number of pyridine rings is 1. The van der Waals surface area contributed by atoms with Gasteiger partial charge in [0.25, 0.3) is 5.91 Å². The van der Waals surface area contributed by atoms with Crippen LogP contribution >= 0.6 is 0 Å². The Morgan fingerprint density at radius 3 is 2.88 bits per heavy atom. The molecule has 0 unspecified atom stereocenters. The van der Waals surface area contributed by atoms with E-state index < -0.39 is 0 Å². The van der Waals surface area contributed by atoms with Gasteiger partial charge in [0.2, 0.25) is 0 Å². The summed E-state index contributed by atoms with van der Waals surface area (Å²) in [6.45, 7) is 0.541. The topological polar surface area (TPSA) is 60.5 Å². The Kier molecular flexibility index (Phi) is 4.07. The Balaban J connectivity index is 1.35. The number of nitrogens with one attached hydrogen (secondary N) is 1. The number of para-hydroxylation sites is 2. The van der Waals surface area contributed by atoms with E-state index in [0.717, 1.165) is 42.9 Å². The third-order valence-electron chi connectivity index (χ3n) is 4.28. The van der Waals surface area contributed by atoms with E-state index in [1.165, 1.54) is 0 Å². The van der Waals surface area contributed by atoms with Crippen molar-refractivity contribution >= 4 is 5.91 Å². The van der Waals surface area contributed by atoms with E-state index in [9.17, 15) is 4.79 Å². The van der Waals surface area contributed by atoms with E-state index in [2.05, 4.69) is 10.3 Å². The minimum atomic E-state index is -0.00710. The smallest absolute Gasteiger partial charge is 0.251 e. The van der Waals surface area contributed by atoms with Gasteiger partial charge in [-0.25, -0.2) is 0 Å². The largest absolute Gasteiger partial charge is 0.486 e. The molecule has 1 fully saturated rings. The van der Waals surface area contributed by atoms with E-state index in [0.29, 0.717) is 18.2 Å². The van der Waals surface area contributed by atoms with Crippen LogP contribution in [0.5, 0.6) is 11.5 Å². The lowest BCUT2D eigenvalue weighted by Crippen LogP contribution is -2.29. The van der Waals surface area contributed by atoms with Crippen molar-refractivity contribution in [3.63, 3.8) is 0 Å². The fourth-order valence-electron chi connectivity index (χ4n) is 2.77. The Hall–Kier alpha value is -2.56. The maximum Gasteiger partial charge on any atom is 0.251 e. The molecule has 5 heteroatoms. The first kappa shape index (κ1) is 15.0. The molecule has 1 atom stereocenters. The summed E-state index contributed by atoms with van der Waals surface area (Å²) in [7, 11) is 0. The van der Waals surface area contributed by atoms with Crippen molar-refractivity contribution < 1.29 is 14.3 Å². The Labute approximate surface area is 141 Å². The third-order valence-corrected chi connectivity index (χ3v) is 4.28. The molecule has 0 bridgehead atoms. The van der Waals surface area contributed by atoms with Gasteiger partial charge < -0.3 is 14.8 Å². The van der Waals surface area contributed by atoms with Gasteiger partial charge in [-0.3, -0.25) is 9.78 Å². The number of carbonyl (C=O) groups is 1. The zero-order chi connectivity index (χ0) is 16.4. The van der Waals surface area contributed by atoms with Crippen LogP contribution in [0.1, 0.15) is 35.3 Å². The Bertz CT molecular complexity index is 743. The molecular weight excluding hydrogens is 304 g/mol. The van der Waals surface area contributed by atoms with Crippen molar-refractivity contribution in [1.82, 2.24) is 10.3 Å². The van der Waals surface area contributed by atoms with Crippen LogP contribution in [0.4, 0.5) is 0 Å². The number of ether oxygens (including phenoxy) is 2. The number of carbonyl (C=O) groups excluding carboxylic acids is 1. The average molecular weight is 324 g/mol. The molecule has 0 radical (unpaired) electrons. The number of nitrogens with zero attached hydrogens (tertiary/aromatic N) is 1. The average Bonchev–Trinajstić information content (AvgIpc) is 3.44. The highest BCUT2D eigenvalue weighted by atomic mass is 16.6. The summed E-state index contributed by atoms with van der Waals surface area (Å²) in [6, 6.07) is 11.7. The first-order valence-electron chi connectivity index (χ1n) is 8.42. The monoisotopic (exact) mass is 324 g/mol. The summed E-state index contributed by atoms with van der Waals surface area (Å²) in [5.74, 6) is 1.58. The first-order valence-corrected chi connectivity index (χ1v) is 8.42. The molecular formula is C19H20N2O3. The van der Waals surface area contributed by atoms with E-state index >= 15 is 0 Å². The number of fused-ring (bicyclic) bond motifs is 1. The van der Waals surface area contributed by atoms with Crippen LogP contribution in [0.15, 0.2) is 42.6 Å². The molecule has 5 nitrogen and oxygen atoms in total. The van der Waals surface area contributed by atoms with Crippen LogP contribution in [0.2, 0.25) is 0 Å². The van der Waals surface area contributed by atoms with Gasteiger partial charge in [0, 0.05) is 23.5 Å². The normalized spacial score (nSPS) is 18.9. The van der Waals surface area contributed by atoms with Gasteiger partial charge in [0.05, 0.1) is 0 Å². The van der Waals surface area contributed by atoms with Crippen LogP contribution < -0.4 is 14.8 Å². The molecule has 4 rings (SSSR count). The van der Waals surface area contributed by atoms with Crippen LogP contribution in [0.3, 0.4) is 0 Å². The summed E-state index contributed by atoms with van der Waals surface area (Å²) in [6.07, 6.45) is 5.43. The molecule has 1 amide bonds. The fourth-order valence-corrected chi connectivity index (χ4v) is 2.77. The highest BCUT2D eigenvalue weighted by Crippen LogP contribution is 2.31. The summed E-state index contributed by atoms with van der Waals surface area (Å²) in [5, 5.41) is 3.00. The standard InChI is InChI=1S/C19H20N2O3/c22-19(21-14-5-6-14)13-9-10-20-15(11-13)7-8-16-12-23-17-3-1-2-4-18(17)24-16/h1-4,9-11,14,16H,5-8,12H2,(H,21,22)/t16-/m1/s1. The summed E-state index contributed by atoms with van der Waals surface area (Å²) < 4.78 is 11.7. The predicted octanol–water partition coefficient (Wildman–Crippen LogP) is 2.75. The number of aryl methyl sites for hydroxylation is 1. The molecule has 2 aromatic rings. The number of aromatic nitrogens is 1. The van der Waals surface area contributed by atoms with Crippen molar-refractivity contribution in [3.05, 3.63) is 53.9 Å². The van der Waals surface area contributed by atoms with E-state index in [4.69, 9.17) is 9.47 Å². The summed E-state index contributed by atoms with van der Waals surface area (Å²) in [4.78, 5) is 16.5. The Morgan fingerprint density at radius 1 is 1.21 bits per heavy atom. The van der Waals surface area contributed by atoms with Gasteiger partial charge in [0.15, 0.2) is 11.5 Å². The Morgan fingerprint density at radius 2 is 2.04 bits per heavy atom. The van der Waals surface area contributed by atoms with Gasteiger partial charge in [-0.2, -0.15) is 0 Å². The highest BCUT2D eigenvalue weighted by Gasteiger charge is 2.24. The van der Waals surface area contributed by atoms with E-state index in [1.807, 2.05) is 30.3 Å². The number of hydrogen-bond donors (Lipinski definition) is 1. The van der Waals surface area contributed by atoms with Crippen molar-refractivity contribution in [1.29, 1.82) is 0 Å². The van der Waals surface area contributed by atoms with Gasteiger partial charge in [-0.05, 0) is 49.9 Å². The number of benzene rings is 1. The molecule has 1 aromatic heterocycles. The van der Waals surface area contributed by atoms with Crippen molar-refractivity contribution in [2.24, 2.45) is 0 Å². The maximum absolute atomic E-state index is 12.1. The van der Waals surface area contributed by atoms with Crippen LogP contribution in [0, 0.1) is 0 Å². The quantitative estimate of drug-likeness (QED) is 0.919. The molecule has 1 N–H and O–H groups in total. The lowest BCUT2D eigenvalue weighted by Gasteiger charge is -2.26. The molecule has 124 valence electrons. The molecule has 0 spiro atoms. The van der Waals surface area contributed by atoms with Gasteiger partial charge in [-0.15, -0.1) is 0 Å². The summed E-state index contributed by atoms with van der Waals surface area (Å²) >= 11 is 0. The second-order valence-electron chi connectivity index (χ2n) is 6.32. The third kappa shape index (κ3) is 3.50. The molecule has 1 aromatic carbocycles. The van der Waals surface area contributed by atoms with Crippen LogP contribution in [-0.4, -0.2) is 29.6 Å². The molecule has 2 aliphatic rings. The van der Waals surface area contributed by atoms with Gasteiger partial charge in [-0.1, -0.05) is 12.1 Å². The minimum absolute atomic E-state index is 0.00523. The lowest BCUT2D eigenvalue weighted by atomic mass is 10.1. The SMILES string of the molecule is O=C(NC1CC1)c1ccnc(CC[C@@H]2COc3ccccc3O2)c1. The molecule has 2 heterocycles. The molecule has 0 saturated heterocycles. The maximum atomic E-state index is 12.1. The fraction of sp³-hybridized carbons (Fsp3) is 0.368. The highest BCUT2D eigenvalue weighted by molar-refractivity contribution is 5.94. The van der Waals surface area contributed by atoms with Crippen LogP contribution in [0.25, 0.3) is 0 Å². The van der Waals surface area contributed by atoms with Crippen molar-refractivity contribution in [2.45, 2.75) is 37.8 Å². The zero-order valence-electron chi connectivity index (χ0n) is 13.4. The summed E-state index contributed by atoms with van der Waals surface area (Å²) in [5.41, 5.74) is 1.58. The predicted molar refractivity (Wildman–Crippen MR) is 89.4 cm³/mol. The number of hydrogen-bond acceptors (Lipinski definition) is 4. The van der Waals surface area contributed by atoms with Gasteiger partial charge >= 0.3 is 0 Å². The van der Waals surface area contributed by atoms with E-state index in [-0.39, 0.29) is 12.0 Å². The van der Waals surface area contributed by atoms with Crippen LogP contribution in [-0.2, 0) is 6.42 Å². The van der Waals surface area contributed by atoms with Crippen molar-refractivity contribution in [2.75, 3.05) is 6.61 Å². The number of rotatable bonds is 5. The molecule has 24 heavy (non-hydrogen) atoms. The van der Waals surface area contributed by atoms with E-state index in [1.54, 1.807) is 12.3 Å². The lowest BCUT2D eigenvalue weighted by molar-refractivity contribution is 0.0849. The zero-order valence-corrected chi connectivity index (χ0v) is 13.4. The second kappa shape index (κ2) is 6.51. The van der Waals surface area contributed by atoms with Gasteiger partial charge in [0.1, 0.15) is 12.7 Å². The molecule has 1 aliphatic heterocycles. The first-order chi connectivity index (χ1) is 11.8. The molecule has 1 saturated carbocycles. The second-order valence-corrected chi connectivity index (χ2v) is 6.32. The minimum Gasteiger partial charge on any atom is -0.486 e. The molecule has 1 aliphatic carbocycles.